The minimum Gasteiger partial charge on any atom is -0.445 e. The summed E-state index contributed by atoms with van der Waals surface area (Å²) in [5, 5.41) is 5.31. The number of carbonyl (C=O) groups is 3. The van der Waals surface area contributed by atoms with Crippen LogP contribution in [0.25, 0.3) is 0 Å². The summed E-state index contributed by atoms with van der Waals surface area (Å²) in [6, 6.07) is 15.9. The molecule has 2 rings (SSSR count). The van der Waals surface area contributed by atoms with Gasteiger partial charge >= 0.3 is 6.09 Å². The van der Waals surface area contributed by atoms with Crippen LogP contribution in [-0.4, -0.2) is 30.4 Å². The summed E-state index contributed by atoms with van der Waals surface area (Å²) in [4.78, 5) is 37.5. The highest BCUT2D eigenvalue weighted by atomic mass is 79.9. The van der Waals surface area contributed by atoms with Crippen LogP contribution in [0.3, 0.4) is 0 Å². The summed E-state index contributed by atoms with van der Waals surface area (Å²) in [5.74, 6) is -0.466. The standard InChI is InChI=1S/C25H31BrN2O4/c1-4-25(2,3)15-21(29)16-27-23(30)22(14-18-10-12-20(26)13-11-18)28-24(31)32-17-19-8-6-5-7-9-19/h5-13,22H,4,14-17H2,1-3H3,(H,27,30)(H,28,31). The number of Topliss-reactive ketones (excluding diaryl/α,β-unsaturated/α-hetero) is 1. The second kappa shape index (κ2) is 12.4. The van der Waals surface area contributed by atoms with Crippen LogP contribution in [0.4, 0.5) is 4.79 Å². The fourth-order valence-corrected chi connectivity index (χ4v) is 3.27. The van der Waals surface area contributed by atoms with Crippen molar-refractivity contribution in [3.05, 3.63) is 70.2 Å². The minimum absolute atomic E-state index is 0.0424. The molecule has 2 aromatic carbocycles. The molecular weight excluding hydrogens is 472 g/mol. The first-order valence-electron chi connectivity index (χ1n) is 10.7. The zero-order valence-corrected chi connectivity index (χ0v) is 20.4. The molecule has 2 amide bonds. The number of ketones is 1. The highest BCUT2D eigenvalue weighted by molar-refractivity contribution is 9.10. The van der Waals surface area contributed by atoms with Crippen LogP contribution in [0.2, 0.25) is 0 Å². The van der Waals surface area contributed by atoms with Crippen molar-refractivity contribution in [3.63, 3.8) is 0 Å². The molecule has 0 bridgehead atoms. The van der Waals surface area contributed by atoms with Crippen LogP contribution in [-0.2, 0) is 27.4 Å². The van der Waals surface area contributed by atoms with Crippen molar-refractivity contribution in [1.29, 1.82) is 0 Å². The van der Waals surface area contributed by atoms with Crippen molar-refractivity contribution in [2.75, 3.05) is 6.54 Å². The Hall–Kier alpha value is -2.67. The van der Waals surface area contributed by atoms with Crippen LogP contribution in [0.15, 0.2) is 59.1 Å². The molecule has 0 spiro atoms. The molecule has 0 heterocycles. The van der Waals surface area contributed by atoms with E-state index in [1.165, 1.54) is 0 Å². The summed E-state index contributed by atoms with van der Waals surface area (Å²) in [6.07, 6.45) is 0.833. The van der Waals surface area contributed by atoms with Crippen LogP contribution < -0.4 is 10.6 Å². The van der Waals surface area contributed by atoms with Crippen LogP contribution in [0, 0.1) is 5.41 Å². The number of amides is 2. The zero-order valence-electron chi connectivity index (χ0n) is 18.8. The largest absolute Gasteiger partial charge is 0.445 e. The summed E-state index contributed by atoms with van der Waals surface area (Å²) in [6.45, 7) is 6.11. The lowest BCUT2D eigenvalue weighted by Gasteiger charge is -2.22. The summed E-state index contributed by atoms with van der Waals surface area (Å²) >= 11 is 3.39. The molecule has 172 valence electrons. The predicted octanol–water partition coefficient (Wildman–Crippen LogP) is 4.80. The molecule has 6 nitrogen and oxygen atoms in total. The molecule has 0 saturated heterocycles. The third kappa shape index (κ3) is 9.22. The Morgan fingerprint density at radius 2 is 1.66 bits per heavy atom. The second-order valence-corrected chi connectivity index (χ2v) is 9.46. The van der Waals surface area contributed by atoms with Gasteiger partial charge in [-0.2, -0.15) is 0 Å². The van der Waals surface area contributed by atoms with Gasteiger partial charge in [0.15, 0.2) is 5.78 Å². The highest BCUT2D eigenvalue weighted by Crippen LogP contribution is 2.24. The van der Waals surface area contributed by atoms with E-state index in [9.17, 15) is 14.4 Å². The Labute approximate surface area is 198 Å². The topological polar surface area (TPSA) is 84.5 Å². The molecule has 1 atom stereocenters. The molecular formula is C25H31BrN2O4. The number of hydrogen-bond donors (Lipinski definition) is 2. The van der Waals surface area contributed by atoms with E-state index in [1.807, 2.05) is 75.4 Å². The van der Waals surface area contributed by atoms with Gasteiger partial charge in [0.05, 0.1) is 6.54 Å². The average molecular weight is 503 g/mol. The van der Waals surface area contributed by atoms with Crippen molar-refractivity contribution in [3.8, 4) is 0 Å². The van der Waals surface area contributed by atoms with Gasteiger partial charge in [0.1, 0.15) is 12.6 Å². The average Bonchev–Trinajstić information content (AvgIpc) is 2.77. The van der Waals surface area contributed by atoms with E-state index >= 15 is 0 Å². The van der Waals surface area contributed by atoms with Gasteiger partial charge in [-0.15, -0.1) is 0 Å². The maximum Gasteiger partial charge on any atom is 0.408 e. The van der Waals surface area contributed by atoms with Gasteiger partial charge in [-0.3, -0.25) is 9.59 Å². The number of nitrogens with one attached hydrogen (secondary N) is 2. The van der Waals surface area contributed by atoms with Crippen molar-refractivity contribution >= 4 is 33.7 Å². The fourth-order valence-electron chi connectivity index (χ4n) is 3.00. The van der Waals surface area contributed by atoms with Crippen molar-refractivity contribution in [2.45, 2.75) is 52.7 Å². The lowest BCUT2D eigenvalue weighted by molar-refractivity contribution is -0.127. The molecule has 32 heavy (non-hydrogen) atoms. The smallest absolute Gasteiger partial charge is 0.408 e. The van der Waals surface area contributed by atoms with Gasteiger partial charge in [-0.25, -0.2) is 4.79 Å². The number of hydrogen-bond acceptors (Lipinski definition) is 4. The third-order valence-corrected chi connectivity index (χ3v) is 5.80. The Bertz CT molecular complexity index is 898. The van der Waals surface area contributed by atoms with Crippen molar-refractivity contribution < 1.29 is 19.1 Å². The monoisotopic (exact) mass is 502 g/mol. The lowest BCUT2D eigenvalue weighted by Crippen LogP contribution is -2.49. The van der Waals surface area contributed by atoms with Gasteiger partial charge in [0.2, 0.25) is 5.91 Å². The predicted molar refractivity (Wildman–Crippen MR) is 128 cm³/mol. The number of halogens is 1. The first-order valence-corrected chi connectivity index (χ1v) is 11.5. The molecule has 0 aromatic heterocycles. The molecule has 0 radical (unpaired) electrons. The molecule has 0 saturated carbocycles. The van der Waals surface area contributed by atoms with E-state index in [0.717, 1.165) is 22.0 Å². The van der Waals surface area contributed by atoms with Crippen LogP contribution in [0.1, 0.15) is 44.7 Å². The first-order chi connectivity index (χ1) is 15.2. The molecule has 0 aliphatic rings. The van der Waals surface area contributed by atoms with E-state index in [2.05, 4.69) is 26.6 Å². The lowest BCUT2D eigenvalue weighted by atomic mass is 9.85. The number of alkyl carbamates (subject to hydrolysis) is 1. The fraction of sp³-hybridized carbons (Fsp3) is 0.400. The maximum absolute atomic E-state index is 12.8. The van der Waals surface area contributed by atoms with Gasteiger partial charge in [0.25, 0.3) is 0 Å². The molecule has 2 aromatic rings. The quantitative estimate of drug-likeness (QED) is 0.462. The van der Waals surface area contributed by atoms with E-state index < -0.39 is 18.0 Å². The Morgan fingerprint density at radius 3 is 2.28 bits per heavy atom. The molecule has 0 fully saturated rings. The van der Waals surface area contributed by atoms with Gasteiger partial charge in [0, 0.05) is 17.3 Å². The normalized spacial score (nSPS) is 12.0. The number of carbonyl (C=O) groups excluding carboxylic acids is 3. The van der Waals surface area contributed by atoms with E-state index in [4.69, 9.17) is 4.74 Å². The van der Waals surface area contributed by atoms with Crippen LogP contribution in [0.5, 0.6) is 0 Å². The van der Waals surface area contributed by atoms with Crippen LogP contribution >= 0.6 is 15.9 Å². The van der Waals surface area contributed by atoms with Gasteiger partial charge in [-0.05, 0) is 28.7 Å². The van der Waals surface area contributed by atoms with Crippen molar-refractivity contribution in [2.24, 2.45) is 5.41 Å². The number of rotatable bonds is 11. The number of ether oxygens (including phenoxy) is 1. The summed E-state index contributed by atoms with van der Waals surface area (Å²) in [5.41, 5.74) is 1.61. The number of benzene rings is 2. The maximum atomic E-state index is 12.8. The second-order valence-electron chi connectivity index (χ2n) is 8.54. The minimum atomic E-state index is -0.869. The van der Waals surface area contributed by atoms with E-state index in [-0.39, 0.29) is 30.8 Å². The Morgan fingerprint density at radius 1 is 1.00 bits per heavy atom. The molecule has 2 N–H and O–H groups in total. The van der Waals surface area contributed by atoms with Gasteiger partial charge in [-0.1, -0.05) is 85.6 Å². The highest BCUT2D eigenvalue weighted by Gasteiger charge is 2.24. The van der Waals surface area contributed by atoms with Crippen molar-refractivity contribution in [1.82, 2.24) is 10.6 Å². The SMILES string of the molecule is CCC(C)(C)CC(=O)CNC(=O)C(Cc1ccc(Br)cc1)NC(=O)OCc1ccccc1. The summed E-state index contributed by atoms with van der Waals surface area (Å²) < 4.78 is 6.19. The molecule has 7 heteroatoms. The Balaban J connectivity index is 1.99. The molecule has 1 unspecified atom stereocenters. The summed E-state index contributed by atoms with van der Waals surface area (Å²) in [7, 11) is 0. The van der Waals surface area contributed by atoms with E-state index in [0.29, 0.717) is 6.42 Å². The van der Waals surface area contributed by atoms with Gasteiger partial charge < -0.3 is 15.4 Å². The Kier molecular flexibility index (Phi) is 9.91. The molecule has 0 aliphatic heterocycles. The van der Waals surface area contributed by atoms with E-state index in [1.54, 1.807) is 0 Å². The molecule has 0 aliphatic carbocycles. The third-order valence-electron chi connectivity index (χ3n) is 5.27. The first kappa shape index (κ1) is 25.6. The zero-order chi connectivity index (χ0) is 23.6.